The van der Waals surface area contributed by atoms with Crippen LogP contribution in [-0.4, -0.2) is 29.5 Å². The number of amides is 1. The van der Waals surface area contributed by atoms with Crippen molar-refractivity contribution < 1.29 is 9.53 Å². The minimum Gasteiger partial charge on any atom is -0.496 e. The summed E-state index contributed by atoms with van der Waals surface area (Å²) in [5.41, 5.74) is 2.64. The van der Waals surface area contributed by atoms with E-state index in [2.05, 4.69) is 20.6 Å². The Morgan fingerprint density at radius 1 is 1.11 bits per heavy atom. The van der Waals surface area contributed by atoms with E-state index >= 15 is 0 Å². The van der Waals surface area contributed by atoms with Crippen LogP contribution in [0.5, 0.6) is 5.75 Å². The number of pyridine rings is 2. The SMILES string of the molecule is COc1ccccc1CCNc1cc(C(=O)NCc2cccnc2)ccn1. The van der Waals surface area contributed by atoms with Gasteiger partial charge in [0, 0.05) is 37.2 Å². The highest BCUT2D eigenvalue weighted by molar-refractivity contribution is 5.94. The Hall–Kier alpha value is -3.41. The second-order valence-electron chi connectivity index (χ2n) is 5.96. The van der Waals surface area contributed by atoms with E-state index in [-0.39, 0.29) is 5.91 Å². The average Bonchev–Trinajstić information content (AvgIpc) is 2.73. The number of carbonyl (C=O) groups is 1. The monoisotopic (exact) mass is 362 g/mol. The molecule has 0 aliphatic rings. The van der Waals surface area contributed by atoms with Gasteiger partial charge in [-0.15, -0.1) is 0 Å². The lowest BCUT2D eigenvalue weighted by atomic mass is 10.1. The zero-order valence-corrected chi connectivity index (χ0v) is 15.2. The number of benzene rings is 1. The Labute approximate surface area is 158 Å². The molecular weight excluding hydrogens is 340 g/mol. The van der Waals surface area contributed by atoms with Gasteiger partial charge in [-0.3, -0.25) is 9.78 Å². The molecule has 2 aromatic heterocycles. The molecule has 0 atom stereocenters. The molecule has 0 aliphatic heterocycles. The number of rotatable bonds is 8. The van der Waals surface area contributed by atoms with Crippen LogP contribution in [-0.2, 0) is 13.0 Å². The summed E-state index contributed by atoms with van der Waals surface area (Å²) < 4.78 is 5.36. The molecule has 2 heterocycles. The van der Waals surface area contributed by atoms with Crippen molar-refractivity contribution in [1.29, 1.82) is 0 Å². The van der Waals surface area contributed by atoms with Gasteiger partial charge in [0.25, 0.3) is 5.91 Å². The normalized spacial score (nSPS) is 10.3. The molecule has 2 N–H and O–H groups in total. The van der Waals surface area contributed by atoms with Crippen molar-refractivity contribution in [2.24, 2.45) is 0 Å². The van der Waals surface area contributed by atoms with Gasteiger partial charge in [0.15, 0.2) is 0 Å². The van der Waals surface area contributed by atoms with Crippen molar-refractivity contribution in [1.82, 2.24) is 15.3 Å². The predicted octanol–water partition coefficient (Wildman–Crippen LogP) is 3.07. The third-order valence-corrected chi connectivity index (χ3v) is 4.09. The number of aromatic nitrogens is 2. The minimum absolute atomic E-state index is 0.144. The molecule has 6 nitrogen and oxygen atoms in total. The summed E-state index contributed by atoms with van der Waals surface area (Å²) in [4.78, 5) is 20.7. The first kappa shape index (κ1) is 18.4. The summed E-state index contributed by atoms with van der Waals surface area (Å²) in [5, 5.41) is 6.15. The predicted molar refractivity (Wildman–Crippen MR) is 105 cm³/mol. The van der Waals surface area contributed by atoms with Crippen molar-refractivity contribution in [3.05, 3.63) is 83.8 Å². The molecule has 0 unspecified atom stereocenters. The number of nitrogens with zero attached hydrogens (tertiary/aromatic N) is 2. The second-order valence-corrected chi connectivity index (χ2v) is 5.96. The zero-order valence-electron chi connectivity index (χ0n) is 15.2. The number of carbonyl (C=O) groups excluding carboxylic acids is 1. The maximum Gasteiger partial charge on any atom is 0.251 e. The molecule has 0 saturated carbocycles. The third-order valence-electron chi connectivity index (χ3n) is 4.09. The molecule has 1 amide bonds. The molecule has 6 heteroatoms. The molecular formula is C21H22N4O2. The van der Waals surface area contributed by atoms with Gasteiger partial charge in [0.1, 0.15) is 11.6 Å². The molecule has 0 fully saturated rings. The fourth-order valence-electron chi connectivity index (χ4n) is 2.69. The quantitative estimate of drug-likeness (QED) is 0.644. The largest absolute Gasteiger partial charge is 0.496 e. The van der Waals surface area contributed by atoms with Gasteiger partial charge in [0.05, 0.1) is 7.11 Å². The average molecular weight is 362 g/mol. The van der Waals surface area contributed by atoms with Crippen LogP contribution in [0.2, 0.25) is 0 Å². The molecule has 27 heavy (non-hydrogen) atoms. The molecule has 0 radical (unpaired) electrons. The van der Waals surface area contributed by atoms with Gasteiger partial charge in [-0.05, 0) is 41.8 Å². The van der Waals surface area contributed by atoms with Gasteiger partial charge < -0.3 is 15.4 Å². The van der Waals surface area contributed by atoms with E-state index in [4.69, 9.17) is 4.74 Å². The number of anilines is 1. The highest BCUT2D eigenvalue weighted by atomic mass is 16.5. The third kappa shape index (κ3) is 5.28. The van der Waals surface area contributed by atoms with Crippen molar-refractivity contribution in [3.63, 3.8) is 0 Å². The summed E-state index contributed by atoms with van der Waals surface area (Å²) in [6.07, 6.45) is 5.86. The summed E-state index contributed by atoms with van der Waals surface area (Å²) >= 11 is 0. The molecule has 0 aliphatic carbocycles. The molecule has 3 aromatic rings. The molecule has 138 valence electrons. The minimum atomic E-state index is -0.144. The van der Waals surface area contributed by atoms with Crippen molar-refractivity contribution in [3.8, 4) is 5.75 Å². The van der Waals surface area contributed by atoms with Crippen LogP contribution in [0.1, 0.15) is 21.5 Å². The van der Waals surface area contributed by atoms with E-state index in [0.29, 0.717) is 24.5 Å². The first-order valence-electron chi connectivity index (χ1n) is 8.75. The fraction of sp³-hybridized carbons (Fsp3) is 0.190. The molecule has 3 rings (SSSR count). The number of methoxy groups -OCH3 is 1. The van der Waals surface area contributed by atoms with E-state index in [1.165, 1.54) is 0 Å². The molecule has 0 bridgehead atoms. The van der Waals surface area contributed by atoms with E-state index in [0.717, 1.165) is 23.3 Å². The van der Waals surface area contributed by atoms with Crippen LogP contribution < -0.4 is 15.4 Å². The lowest BCUT2D eigenvalue weighted by Crippen LogP contribution is -2.23. The fourth-order valence-corrected chi connectivity index (χ4v) is 2.69. The molecule has 0 saturated heterocycles. The smallest absolute Gasteiger partial charge is 0.251 e. The van der Waals surface area contributed by atoms with E-state index < -0.39 is 0 Å². The van der Waals surface area contributed by atoms with Crippen molar-refractivity contribution in [2.45, 2.75) is 13.0 Å². The summed E-state index contributed by atoms with van der Waals surface area (Å²) in [5.74, 6) is 1.39. The lowest BCUT2D eigenvalue weighted by molar-refractivity contribution is 0.0951. The zero-order chi connectivity index (χ0) is 18.9. The van der Waals surface area contributed by atoms with Crippen LogP contribution >= 0.6 is 0 Å². The highest BCUT2D eigenvalue weighted by Crippen LogP contribution is 2.18. The topological polar surface area (TPSA) is 76.1 Å². The van der Waals surface area contributed by atoms with Crippen LogP contribution in [0.15, 0.2) is 67.1 Å². The maximum atomic E-state index is 12.3. The standard InChI is InChI=1S/C21H22N4O2/c1-27-19-7-3-2-6-17(19)8-11-23-20-13-18(9-12-24-20)21(26)25-15-16-5-4-10-22-14-16/h2-7,9-10,12-14H,8,11,15H2,1H3,(H,23,24)(H,25,26). The van der Waals surface area contributed by atoms with Crippen LogP contribution in [0.4, 0.5) is 5.82 Å². The van der Waals surface area contributed by atoms with Crippen LogP contribution in [0.3, 0.4) is 0 Å². The number of hydrogen-bond acceptors (Lipinski definition) is 5. The Balaban J connectivity index is 1.54. The Morgan fingerprint density at radius 2 is 2.00 bits per heavy atom. The Bertz CT molecular complexity index is 884. The van der Waals surface area contributed by atoms with Gasteiger partial charge in [-0.2, -0.15) is 0 Å². The molecule has 0 spiro atoms. The first-order valence-corrected chi connectivity index (χ1v) is 8.75. The Morgan fingerprint density at radius 3 is 2.81 bits per heavy atom. The van der Waals surface area contributed by atoms with E-state index in [9.17, 15) is 4.79 Å². The van der Waals surface area contributed by atoms with Crippen molar-refractivity contribution >= 4 is 11.7 Å². The number of hydrogen-bond donors (Lipinski definition) is 2. The second kappa shape index (κ2) is 9.33. The Kier molecular flexibility index (Phi) is 6.35. The number of ether oxygens (including phenoxy) is 1. The summed E-state index contributed by atoms with van der Waals surface area (Å²) in [6, 6.07) is 15.1. The summed E-state index contributed by atoms with van der Waals surface area (Å²) in [7, 11) is 1.67. The van der Waals surface area contributed by atoms with Gasteiger partial charge in [-0.1, -0.05) is 24.3 Å². The van der Waals surface area contributed by atoms with E-state index in [1.807, 2.05) is 36.4 Å². The molecule has 1 aromatic carbocycles. The highest BCUT2D eigenvalue weighted by Gasteiger charge is 2.07. The van der Waals surface area contributed by atoms with Crippen LogP contribution in [0.25, 0.3) is 0 Å². The maximum absolute atomic E-state index is 12.3. The first-order chi connectivity index (χ1) is 13.3. The van der Waals surface area contributed by atoms with Gasteiger partial charge >= 0.3 is 0 Å². The van der Waals surface area contributed by atoms with Crippen LogP contribution in [0, 0.1) is 0 Å². The van der Waals surface area contributed by atoms with Crippen molar-refractivity contribution in [2.75, 3.05) is 19.0 Å². The number of nitrogens with one attached hydrogen (secondary N) is 2. The van der Waals surface area contributed by atoms with E-state index in [1.54, 1.807) is 37.8 Å². The van der Waals surface area contributed by atoms with Gasteiger partial charge in [-0.25, -0.2) is 4.98 Å². The lowest BCUT2D eigenvalue weighted by Gasteiger charge is -2.10. The number of para-hydroxylation sites is 1. The van der Waals surface area contributed by atoms with Gasteiger partial charge in [0.2, 0.25) is 0 Å². The summed E-state index contributed by atoms with van der Waals surface area (Å²) in [6.45, 7) is 1.12.